The third-order valence-corrected chi connectivity index (χ3v) is 6.55. The molecule has 1 aliphatic carbocycles. The Hall–Kier alpha value is -3.31. The van der Waals surface area contributed by atoms with Gasteiger partial charge in [0.1, 0.15) is 0 Å². The van der Waals surface area contributed by atoms with Crippen LogP contribution in [-0.2, 0) is 17.6 Å². The fraction of sp³-hybridized carbons (Fsp3) is 0.154. The first-order valence-corrected chi connectivity index (χ1v) is 11.5. The van der Waals surface area contributed by atoms with E-state index in [1.165, 1.54) is 18.2 Å². The fourth-order valence-electron chi connectivity index (χ4n) is 4.36. The number of aromatic nitrogens is 2. The summed E-state index contributed by atoms with van der Waals surface area (Å²) in [5, 5.41) is 4.86. The number of methoxy groups -OCH3 is 1. The Morgan fingerprint density at radius 2 is 1.71 bits per heavy atom. The number of thioether (sulfide) groups is 1. The Morgan fingerprint density at radius 1 is 1.00 bits per heavy atom. The summed E-state index contributed by atoms with van der Waals surface area (Å²) in [5.74, 6) is -0.305. The lowest BCUT2D eigenvalue weighted by Gasteiger charge is -2.24. The highest BCUT2D eigenvalue weighted by molar-refractivity contribution is 7.98. The van der Waals surface area contributed by atoms with E-state index in [1.54, 1.807) is 11.8 Å². The van der Waals surface area contributed by atoms with Crippen LogP contribution in [0.4, 0.5) is 0 Å². The zero-order valence-corrected chi connectivity index (χ0v) is 18.3. The van der Waals surface area contributed by atoms with Crippen molar-refractivity contribution in [1.82, 2.24) is 9.78 Å². The Labute approximate surface area is 185 Å². The summed E-state index contributed by atoms with van der Waals surface area (Å²) in [6.45, 7) is 0. The standard InChI is InChI=1S/C26H22N2O2S/c1-30-26(29)25-23(31-2)15-20(17-9-5-3-6-10-17)19-13-14-22-21(24(19)25)16-28(27-22)18-11-7-4-8-12-18/h3-12,15-16H,13-14H2,1-2H3. The zero-order chi connectivity index (χ0) is 21.4. The molecule has 0 saturated heterocycles. The number of aryl methyl sites for hydroxylation is 1. The lowest BCUT2D eigenvalue weighted by atomic mass is 9.82. The lowest BCUT2D eigenvalue weighted by molar-refractivity contribution is 0.0597. The highest BCUT2D eigenvalue weighted by Crippen LogP contribution is 2.45. The van der Waals surface area contributed by atoms with Crippen molar-refractivity contribution in [2.75, 3.05) is 13.4 Å². The van der Waals surface area contributed by atoms with E-state index in [2.05, 4.69) is 30.3 Å². The topological polar surface area (TPSA) is 44.1 Å². The van der Waals surface area contributed by atoms with Crippen molar-refractivity contribution in [1.29, 1.82) is 0 Å². The SMILES string of the molecule is COC(=O)c1c(SC)cc(-c2ccccc2)c2c1-c1cn(-c3ccccc3)nc1CC2. The third kappa shape index (κ3) is 3.35. The van der Waals surface area contributed by atoms with Crippen LogP contribution in [0.1, 0.15) is 21.6 Å². The van der Waals surface area contributed by atoms with Crippen LogP contribution in [0.15, 0.2) is 77.8 Å². The molecule has 0 bridgehead atoms. The monoisotopic (exact) mass is 426 g/mol. The molecule has 4 aromatic rings. The molecule has 0 unspecified atom stereocenters. The molecule has 1 aromatic heterocycles. The predicted octanol–water partition coefficient (Wildman–Crippen LogP) is 5.81. The number of para-hydroxylation sites is 1. The predicted molar refractivity (Wildman–Crippen MR) is 125 cm³/mol. The van der Waals surface area contributed by atoms with Crippen molar-refractivity contribution in [3.05, 3.63) is 89.7 Å². The van der Waals surface area contributed by atoms with Crippen LogP contribution in [0.3, 0.4) is 0 Å². The van der Waals surface area contributed by atoms with Gasteiger partial charge in [0.2, 0.25) is 0 Å². The maximum Gasteiger partial charge on any atom is 0.339 e. The molecule has 0 amide bonds. The molecule has 5 heteroatoms. The number of nitrogens with zero attached hydrogens (tertiary/aromatic N) is 2. The molecule has 0 fully saturated rings. The van der Waals surface area contributed by atoms with Crippen molar-refractivity contribution in [3.63, 3.8) is 0 Å². The third-order valence-electron chi connectivity index (χ3n) is 5.79. The van der Waals surface area contributed by atoms with E-state index in [0.717, 1.165) is 45.8 Å². The molecule has 0 aliphatic heterocycles. The molecule has 4 nitrogen and oxygen atoms in total. The zero-order valence-electron chi connectivity index (χ0n) is 17.5. The molecule has 0 saturated carbocycles. The maximum atomic E-state index is 12.9. The van der Waals surface area contributed by atoms with Gasteiger partial charge in [0.25, 0.3) is 0 Å². The van der Waals surface area contributed by atoms with Gasteiger partial charge in [0.15, 0.2) is 0 Å². The first kappa shape index (κ1) is 19.6. The Kier molecular flexibility index (Phi) is 5.12. The van der Waals surface area contributed by atoms with Crippen LogP contribution in [0.2, 0.25) is 0 Å². The van der Waals surface area contributed by atoms with Gasteiger partial charge in [-0.2, -0.15) is 5.10 Å². The fourth-order valence-corrected chi connectivity index (χ4v) is 4.98. The summed E-state index contributed by atoms with van der Waals surface area (Å²) in [6.07, 6.45) is 5.71. The number of hydrogen-bond acceptors (Lipinski definition) is 4. The number of benzene rings is 3. The molecular formula is C26H22N2O2S. The lowest BCUT2D eigenvalue weighted by Crippen LogP contribution is -2.13. The minimum Gasteiger partial charge on any atom is -0.465 e. The summed E-state index contributed by atoms with van der Waals surface area (Å²) >= 11 is 1.57. The van der Waals surface area contributed by atoms with E-state index in [-0.39, 0.29) is 5.97 Å². The van der Waals surface area contributed by atoms with Crippen molar-refractivity contribution in [3.8, 4) is 27.9 Å². The van der Waals surface area contributed by atoms with E-state index < -0.39 is 0 Å². The van der Waals surface area contributed by atoms with Gasteiger partial charge in [-0.1, -0.05) is 48.5 Å². The van der Waals surface area contributed by atoms with E-state index in [0.29, 0.717) is 5.56 Å². The van der Waals surface area contributed by atoms with Gasteiger partial charge in [-0.25, -0.2) is 9.48 Å². The molecule has 1 aliphatic rings. The number of fused-ring (bicyclic) bond motifs is 3. The van der Waals surface area contributed by atoms with E-state index in [4.69, 9.17) is 9.84 Å². The van der Waals surface area contributed by atoms with Gasteiger partial charge in [-0.05, 0) is 54.0 Å². The summed E-state index contributed by atoms with van der Waals surface area (Å²) < 4.78 is 7.13. The smallest absolute Gasteiger partial charge is 0.339 e. The molecule has 0 spiro atoms. The van der Waals surface area contributed by atoms with Gasteiger partial charge in [-0.3, -0.25) is 0 Å². The number of hydrogen-bond donors (Lipinski definition) is 0. The first-order chi connectivity index (χ1) is 15.2. The van der Waals surface area contributed by atoms with Crippen LogP contribution in [0.25, 0.3) is 27.9 Å². The average molecular weight is 427 g/mol. The highest BCUT2D eigenvalue weighted by atomic mass is 32.2. The van der Waals surface area contributed by atoms with Crippen LogP contribution in [-0.4, -0.2) is 29.1 Å². The average Bonchev–Trinajstić information content (AvgIpc) is 3.28. The van der Waals surface area contributed by atoms with Crippen LogP contribution in [0, 0.1) is 0 Å². The molecule has 5 rings (SSSR count). The quantitative estimate of drug-likeness (QED) is 0.305. The van der Waals surface area contributed by atoms with E-state index in [1.807, 2.05) is 53.5 Å². The van der Waals surface area contributed by atoms with Crippen molar-refractivity contribution >= 4 is 17.7 Å². The number of rotatable bonds is 4. The summed E-state index contributed by atoms with van der Waals surface area (Å²) in [7, 11) is 1.45. The summed E-state index contributed by atoms with van der Waals surface area (Å²) in [4.78, 5) is 13.9. The number of carbonyl (C=O) groups is 1. The Balaban J connectivity index is 1.81. The molecule has 0 atom stereocenters. The van der Waals surface area contributed by atoms with E-state index >= 15 is 0 Å². The molecule has 0 radical (unpaired) electrons. The molecule has 31 heavy (non-hydrogen) atoms. The number of esters is 1. The van der Waals surface area contributed by atoms with Gasteiger partial charge in [-0.15, -0.1) is 11.8 Å². The minimum atomic E-state index is -0.305. The normalized spacial score (nSPS) is 12.2. The molecule has 154 valence electrons. The van der Waals surface area contributed by atoms with Gasteiger partial charge in [0, 0.05) is 22.2 Å². The van der Waals surface area contributed by atoms with Crippen LogP contribution in [0.5, 0.6) is 0 Å². The molecule has 1 heterocycles. The van der Waals surface area contributed by atoms with Crippen molar-refractivity contribution in [2.45, 2.75) is 17.7 Å². The van der Waals surface area contributed by atoms with Gasteiger partial charge < -0.3 is 4.74 Å². The second kappa shape index (κ2) is 8.08. The Bertz CT molecular complexity index is 1260. The summed E-state index contributed by atoms with van der Waals surface area (Å²) in [5.41, 5.74) is 8.14. The maximum absolute atomic E-state index is 12.9. The second-order valence-electron chi connectivity index (χ2n) is 7.48. The van der Waals surface area contributed by atoms with Crippen molar-refractivity contribution in [2.24, 2.45) is 0 Å². The Morgan fingerprint density at radius 3 is 2.39 bits per heavy atom. The van der Waals surface area contributed by atoms with E-state index in [9.17, 15) is 4.79 Å². The molecule has 3 aromatic carbocycles. The van der Waals surface area contributed by atoms with Crippen LogP contribution >= 0.6 is 11.8 Å². The largest absolute Gasteiger partial charge is 0.465 e. The number of ether oxygens (including phenoxy) is 1. The minimum absolute atomic E-state index is 0.305. The van der Waals surface area contributed by atoms with Crippen LogP contribution < -0.4 is 0 Å². The van der Waals surface area contributed by atoms with Gasteiger partial charge in [0.05, 0.1) is 24.1 Å². The van der Waals surface area contributed by atoms with Gasteiger partial charge >= 0.3 is 5.97 Å². The molecule has 0 N–H and O–H groups in total. The molecular weight excluding hydrogens is 404 g/mol. The highest BCUT2D eigenvalue weighted by Gasteiger charge is 2.30. The number of carbonyl (C=O) groups excluding carboxylic acids is 1. The second-order valence-corrected chi connectivity index (χ2v) is 8.33. The van der Waals surface area contributed by atoms with Crippen molar-refractivity contribution < 1.29 is 9.53 Å². The summed E-state index contributed by atoms with van der Waals surface area (Å²) in [6, 6.07) is 22.6. The first-order valence-electron chi connectivity index (χ1n) is 10.2.